The minimum Gasteiger partial charge on any atom is -0.388 e. The predicted octanol–water partition coefficient (Wildman–Crippen LogP) is 2.49. The molecule has 0 bridgehead atoms. The Hall–Kier alpha value is -1.86. The monoisotopic (exact) mass is 297 g/mol. The standard InChI is InChI=1S/C14H23N3O4/c1-15-12-9-13(11-14(10-12)17(18)19)16-5-3-4-6-21-8-7-20-2/h9-11,15-16H,3-8H2,1-2H3. The van der Waals surface area contributed by atoms with Crippen LogP contribution < -0.4 is 10.6 Å². The van der Waals surface area contributed by atoms with Gasteiger partial charge in [-0.05, 0) is 18.9 Å². The van der Waals surface area contributed by atoms with Crippen molar-refractivity contribution in [2.24, 2.45) is 0 Å². The lowest BCUT2D eigenvalue weighted by atomic mass is 10.2. The maximum absolute atomic E-state index is 10.8. The Kier molecular flexibility index (Phi) is 8.15. The number of nitrogens with zero attached hydrogens (tertiary/aromatic N) is 1. The maximum atomic E-state index is 10.8. The van der Waals surface area contributed by atoms with Gasteiger partial charge in [-0.2, -0.15) is 0 Å². The van der Waals surface area contributed by atoms with Crippen LogP contribution in [0.5, 0.6) is 0 Å². The Balaban J connectivity index is 2.31. The molecule has 0 saturated heterocycles. The van der Waals surface area contributed by atoms with Crippen LogP contribution in [0.3, 0.4) is 0 Å². The third kappa shape index (κ3) is 6.92. The third-order valence-corrected chi connectivity index (χ3v) is 2.89. The molecule has 0 fully saturated rings. The van der Waals surface area contributed by atoms with Crippen molar-refractivity contribution >= 4 is 17.1 Å². The van der Waals surface area contributed by atoms with Crippen LogP contribution in [0.25, 0.3) is 0 Å². The first-order chi connectivity index (χ1) is 10.2. The Morgan fingerprint density at radius 1 is 1.14 bits per heavy atom. The molecule has 7 nitrogen and oxygen atoms in total. The zero-order chi connectivity index (χ0) is 15.5. The fraction of sp³-hybridized carbons (Fsp3) is 0.571. The summed E-state index contributed by atoms with van der Waals surface area (Å²) in [5.74, 6) is 0. The molecule has 0 unspecified atom stereocenters. The molecule has 2 N–H and O–H groups in total. The highest BCUT2D eigenvalue weighted by Gasteiger charge is 2.08. The molecule has 118 valence electrons. The molecule has 0 saturated carbocycles. The van der Waals surface area contributed by atoms with E-state index in [0.29, 0.717) is 19.8 Å². The number of anilines is 2. The van der Waals surface area contributed by atoms with E-state index >= 15 is 0 Å². The molecular formula is C14H23N3O4. The average Bonchev–Trinajstić information content (AvgIpc) is 2.49. The number of nitro groups is 1. The second-order valence-electron chi connectivity index (χ2n) is 4.51. The van der Waals surface area contributed by atoms with Gasteiger partial charge in [0.1, 0.15) is 0 Å². The van der Waals surface area contributed by atoms with Crippen LogP contribution in [0.4, 0.5) is 17.1 Å². The van der Waals surface area contributed by atoms with Gasteiger partial charge < -0.3 is 20.1 Å². The molecule has 1 aromatic carbocycles. The van der Waals surface area contributed by atoms with Gasteiger partial charge in [0, 0.05) is 50.8 Å². The molecule has 1 rings (SSSR count). The topological polar surface area (TPSA) is 85.7 Å². The van der Waals surface area contributed by atoms with E-state index < -0.39 is 4.92 Å². The second kappa shape index (κ2) is 9.95. The van der Waals surface area contributed by atoms with Crippen molar-refractivity contribution in [2.75, 3.05) is 51.2 Å². The van der Waals surface area contributed by atoms with Crippen molar-refractivity contribution in [1.29, 1.82) is 0 Å². The summed E-state index contributed by atoms with van der Waals surface area (Å²) in [5, 5.41) is 17.0. The summed E-state index contributed by atoms with van der Waals surface area (Å²) >= 11 is 0. The third-order valence-electron chi connectivity index (χ3n) is 2.89. The molecule has 0 heterocycles. The Bertz CT molecular complexity index is 440. The van der Waals surface area contributed by atoms with Gasteiger partial charge in [-0.25, -0.2) is 0 Å². The summed E-state index contributed by atoms with van der Waals surface area (Å²) in [5.41, 5.74) is 1.54. The van der Waals surface area contributed by atoms with Gasteiger partial charge in [0.15, 0.2) is 0 Å². The quantitative estimate of drug-likeness (QED) is 0.371. The van der Waals surface area contributed by atoms with Crippen molar-refractivity contribution in [3.63, 3.8) is 0 Å². The van der Waals surface area contributed by atoms with Crippen LogP contribution in [0.2, 0.25) is 0 Å². The summed E-state index contributed by atoms with van der Waals surface area (Å²) < 4.78 is 10.2. The number of rotatable bonds is 11. The molecule has 0 atom stereocenters. The molecule has 0 aromatic heterocycles. The number of methoxy groups -OCH3 is 1. The molecule has 7 heteroatoms. The lowest BCUT2D eigenvalue weighted by Crippen LogP contribution is -2.06. The summed E-state index contributed by atoms with van der Waals surface area (Å²) in [4.78, 5) is 10.5. The molecular weight excluding hydrogens is 274 g/mol. The van der Waals surface area contributed by atoms with Crippen molar-refractivity contribution in [1.82, 2.24) is 0 Å². The van der Waals surface area contributed by atoms with Crippen molar-refractivity contribution < 1.29 is 14.4 Å². The number of nitrogens with one attached hydrogen (secondary N) is 2. The van der Waals surface area contributed by atoms with Crippen molar-refractivity contribution in [3.05, 3.63) is 28.3 Å². The number of hydrogen-bond acceptors (Lipinski definition) is 6. The van der Waals surface area contributed by atoms with Crippen LogP contribution in [0.15, 0.2) is 18.2 Å². The first-order valence-corrected chi connectivity index (χ1v) is 6.95. The Labute approximate surface area is 124 Å². The number of ether oxygens (including phenoxy) is 2. The fourth-order valence-electron chi connectivity index (χ4n) is 1.77. The van der Waals surface area contributed by atoms with E-state index in [1.807, 2.05) is 6.07 Å². The van der Waals surface area contributed by atoms with E-state index in [2.05, 4.69) is 10.6 Å². The highest BCUT2D eigenvalue weighted by Crippen LogP contribution is 2.23. The van der Waals surface area contributed by atoms with E-state index in [9.17, 15) is 10.1 Å². The smallest absolute Gasteiger partial charge is 0.273 e. The van der Waals surface area contributed by atoms with Crippen molar-refractivity contribution in [3.8, 4) is 0 Å². The Morgan fingerprint density at radius 2 is 1.90 bits per heavy atom. The van der Waals surface area contributed by atoms with Gasteiger partial charge in [-0.15, -0.1) is 0 Å². The van der Waals surface area contributed by atoms with Gasteiger partial charge >= 0.3 is 0 Å². The van der Waals surface area contributed by atoms with Crippen LogP contribution in [-0.2, 0) is 9.47 Å². The van der Waals surface area contributed by atoms with Crippen LogP contribution >= 0.6 is 0 Å². The minimum absolute atomic E-state index is 0.0762. The lowest BCUT2D eigenvalue weighted by Gasteiger charge is -2.09. The van der Waals surface area contributed by atoms with E-state index in [-0.39, 0.29) is 5.69 Å². The van der Waals surface area contributed by atoms with E-state index in [0.717, 1.165) is 30.8 Å². The van der Waals surface area contributed by atoms with Gasteiger partial charge in [0.05, 0.1) is 18.1 Å². The molecule has 0 aliphatic heterocycles. The van der Waals surface area contributed by atoms with Crippen molar-refractivity contribution in [2.45, 2.75) is 12.8 Å². The summed E-state index contributed by atoms with van der Waals surface area (Å²) in [6, 6.07) is 4.90. The molecule has 0 aliphatic carbocycles. The lowest BCUT2D eigenvalue weighted by molar-refractivity contribution is -0.384. The first-order valence-electron chi connectivity index (χ1n) is 6.95. The number of nitro benzene ring substituents is 1. The van der Waals surface area contributed by atoms with Gasteiger partial charge in [0.25, 0.3) is 5.69 Å². The highest BCUT2D eigenvalue weighted by atomic mass is 16.6. The normalized spacial score (nSPS) is 10.4. The maximum Gasteiger partial charge on any atom is 0.273 e. The minimum atomic E-state index is -0.393. The molecule has 0 amide bonds. The summed E-state index contributed by atoms with van der Waals surface area (Å²) in [7, 11) is 3.38. The summed E-state index contributed by atoms with van der Waals surface area (Å²) in [6.45, 7) is 2.67. The second-order valence-corrected chi connectivity index (χ2v) is 4.51. The fourth-order valence-corrected chi connectivity index (χ4v) is 1.77. The number of benzene rings is 1. The molecule has 0 spiro atoms. The average molecular weight is 297 g/mol. The SMILES string of the molecule is CNc1cc(NCCCCOCCOC)cc([N+](=O)[O-])c1. The van der Waals surface area contributed by atoms with E-state index in [4.69, 9.17) is 9.47 Å². The first kappa shape index (κ1) is 17.2. The molecule has 1 aromatic rings. The number of non-ortho nitro benzene ring substituents is 1. The zero-order valence-electron chi connectivity index (χ0n) is 12.6. The zero-order valence-corrected chi connectivity index (χ0v) is 12.6. The number of hydrogen-bond donors (Lipinski definition) is 2. The predicted molar refractivity (Wildman–Crippen MR) is 83.1 cm³/mol. The van der Waals surface area contributed by atoms with Crippen LogP contribution in [0.1, 0.15) is 12.8 Å². The molecule has 21 heavy (non-hydrogen) atoms. The summed E-state index contributed by atoms with van der Waals surface area (Å²) in [6.07, 6.45) is 1.87. The largest absolute Gasteiger partial charge is 0.388 e. The van der Waals surface area contributed by atoms with Gasteiger partial charge in [0.2, 0.25) is 0 Å². The highest BCUT2D eigenvalue weighted by molar-refractivity contribution is 5.63. The van der Waals surface area contributed by atoms with Crippen LogP contribution in [0, 0.1) is 10.1 Å². The van der Waals surface area contributed by atoms with E-state index in [1.165, 1.54) is 12.1 Å². The molecule has 0 aliphatic rings. The van der Waals surface area contributed by atoms with Crippen LogP contribution in [-0.4, -0.2) is 45.4 Å². The Morgan fingerprint density at radius 3 is 2.57 bits per heavy atom. The van der Waals surface area contributed by atoms with Gasteiger partial charge in [-0.3, -0.25) is 10.1 Å². The van der Waals surface area contributed by atoms with E-state index in [1.54, 1.807) is 14.2 Å². The number of unbranched alkanes of at least 4 members (excludes halogenated alkanes) is 1. The van der Waals surface area contributed by atoms with Gasteiger partial charge in [-0.1, -0.05) is 0 Å². The molecule has 0 radical (unpaired) electrons.